The van der Waals surface area contributed by atoms with Gasteiger partial charge < -0.3 is 15.3 Å². The Kier molecular flexibility index (Phi) is 2.27. The topological polar surface area (TPSA) is 60.7 Å². The minimum absolute atomic E-state index is 0.335. The monoisotopic (exact) mass is 248 g/mol. The molecule has 0 aliphatic carbocycles. The highest BCUT2D eigenvalue weighted by molar-refractivity contribution is 5.95. The zero-order valence-electron chi connectivity index (χ0n) is 7.93. The normalized spacial score (nSPS) is 11.1. The van der Waals surface area contributed by atoms with Crippen molar-refractivity contribution in [1.82, 2.24) is 0 Å². The van der Waals surface area contributed by atoms with Crippen molar-refractivity contribution in [3.8, 4) is 17.2 Å². The highest BCUT2D eigenvalue weighted by Crippen LogP contribution is 2.43. The van der Waals surface area contributed by atoms with Gasteiger partial charge in [0.2, 0.25) is 11.6 Å². The molecule has 0 unspecified atom stereocenters. The third kappa shape index (κ3) is 1.35. The molecule has 0 aliphatic heterocycles. The van der Waals surface area contributed by atoms with E-state index in [1.807, 2.05) is 0 Å². The molecular weight excluding hydrogens is 244 g/mol. The minimum atomic E-state index is -1.86. The zero-order chi connectivity index (χ0) is 12.9. The molecule has 7 heteroatoms. The van der Waals surface area contributed by atoms with E-state index in [9.17, 15) is 22.7 Å². The summed E-state index contributed by atoms with van der Waals surface area (Å²) in [5.41, 5.74) is 0. The number of rotatable bonds is 0. The summed E-state index contributed by atoms with van der Waals surface area (Å²) in [4.78, 5) is 0. The number of phenolic OH excluding ortho intramolecular Hbond substituents is 3. The summed E-state index contributed by atoms with van der Waals surface area (Å²) in [6.45, 7) is 0. The predicted octanol–water partition coefficient (Wildman–Crippen LogP) is 2.51. The Balaban J connectivity index is 3.12. The van der Waals surface area contributed by atoms with Crippen LogP contribution >= 0.6 is 0 Å². The number of hydrogen-bond donors (Lipinski definition) is 3. The molecule has 17 heavy (non-hydrogen) atoms. The first-order chi connectivity index (χ1) is 7.86. The quantitative estimate of drug-likeness (QED) is 0.496. The molecule has 90 valence electrons. The van der Waals surface area contributed by atoms with Crippen LogP contribution in [0.1, 0.15) is 0 Å². The van der Waals surface area contributed by atoms with Crippen molar-refractivity contribution in [3.63, 3.8) is 0 Å². The third-order valence-electron chi connectivity index (χ3n) is 2.29. The van der Waals surface area contributed by atoms with Crippen molar-refractivity contribution in [1.29, 1.82) is 0 Å². The molecule has 0 saturated heterocycles. The largest absolute Gasteiger partial charge is 0.504 e. The van der Waals surface area contributed by atoms with E-state index in [4.69, 9.17) is 10.2 Å². The average molecular weight is 248 g/mol. The Morgan fingerprint density at radius 1 is 0.706 bits per heavy atom. The molecule has 0 aromatic heterocycles. The predicted molar refractivity (Wildman–Crippen MR) is 48.8 cm³/mol. The minimum Gasteiger partial charge on any atom is -0.504 e. The zero-order valence-corrected chi connectivity index (χ0v) is 7.93. The van der Waals surface area contributed by atoms with Crippen molar-refractivity contribution in [2.45, 2.75) is 0 Å². The molecule has 3 N–H and O–H groups in total. The maximum atomic E-state index is 13.3. The summed E-state index contributed by atoms with van der Waals surface area (Å²) < 4.78 is 52.2. The van der Waals surface area contributed by atoms with E-state index in [-0.39, 0.29) is 0 Å². The summed E-state index contributed by atoms with van der Waals surface area (Å²) in [6, 6.07) is 0.335. The van der Waals surface area contributed by atoms with Crippen molar-refractivity contribution >= 4 is 10.8 Å². The van der Waals surface area contributed by atoms with Crippen molar-refractivity contribution in [2.75, 3.05) is 0 Å². The SMILES string of the molecule is Oc1c(F)c(F)c2c(O)c(F)c(F)cc2c1O. The van der Waals surface area contributed by atoms with Crippen LogP contribution in [0, 0.1) is 23.3 Å². The van der Waals surface area contributed by atoms with Crippen LogP contribution < -0.4 is 0 Å². The van der Waals surface area contributed by atoms with Gasteiger partial charge in [-0.05, 0) is 6.07 Å². The van der Waals surface area contributed by atoms with Gasteiger partial charge in [-0.25, -0.2) is 8.78 Å². The number of phenols is 3. The highest BCUT2D eigenvalue weighted by atomic mass is 19.2. The fourth-order valence-corrected chi connectivity index (χ4v) is 1.47. The Hall–Kier alpha value is -2.18. The van der Waals surface area contributed by atoms with Gasteiger partial charge in [-0.3, -0.25) is 0 Å². The molecule has 0 saturated carbocycles. The summed E-state index contributed by atoms with van der Waals surface area (Å²) in [7, 11) is 0. The molecule has 0 spiro atoms. The second-order valence-corrected chi connectivity index (χ2v) is 3.27. The van der Waals surface area contributed by atoms with E-state index in [0.717, 1.165) is 0 Å². The summed E-state index contributed by atoms with van der Waals surface area (Å²) in [6.07, 6.45) is 0. The Bertz CT molecular complexity index is 631. The molecule has 0 aliphatic rings. The van der Waals surface area contributed by atoms with Crippen LogP contribution in [0.25, 0.3) is 10.8 Å². The van der Waals surface area contributed by atoms with Gasteiger partial charge in [-0.2, -0.15) is 8.78 Å². The van der Waals surface area contributed by atoms with Gasteiger partial charge in [0.25, 0.3) is 0 Å². The van der Waals surface area contributed by atoms with E-state index in [2.05, 4.69) is 0 Å². The number of benzene rings is 2. The molecule has 0 heterocycles. The second kappa shape index (κ2) is 3.41. The molecule has 2 rings (SSSR count). The fourth-order valence-electron chi connectivity index (χ4n) is 1.47. The van der Waals surface area contributed by atoms with Crippen LogP contribution in [0.15, 0.2) is 6.07 Å². The number of aromatic hydroxyl groups is 3. The third-order valence-corrected chi connectivity index (χ3v) is 2.29. The lowest BCUT2D eigenvalue weighted by Crippen LogP contribution is -1.94. The van der Waals surface area contributed by atoms with Crippen LogP contribution in [0.2, 0.25) is 0 Å². The average Bonchev–Trinajstić information content (AvgIpc) is 2.30. The van der Waals surface area contributed by atoms with Gasteiger partial charge in [-0.1, -0.05) is 0 Å². The van der Waals surface area contributed by atoms with Crippen LogP contribution in [0.3, 0.4) is 0 Å². The number of hydrogen-bond acceptors (Lipinski definition) is 3. The van der Waals surface area contributed by atoms with Gasteiger partial charge in [0.1, 0.15) is 0 Å². The van der Waals surface area contributed by atoms with Gasteiger partial charge in [0.05, 0.1) is 5.39 Å². The molecular formula is C10H4F4O3. The van der Waals surface area contributed by atoms with Crippen molar-refractivity contribution in [3.05, 3.63) is 29.3 Å². The van der Waals surface area contributed by atoms with Gasteiger partial charge in [0.15, 0.2) is 28.9 Å². The van der Waals surface area contributed by atoms with E-state index >= 15 is 0 Å². The molecule has 0 fully saturated rings. The maximum Gasteiger partial charge on any atom is 0.205 e. The Morgan fingerprint density at radius 2 is 1.29 bits per heavy atom. The first kappa shape index (κ1) is 11.3. The molecule has 2 aromatic rings. The molecule has 0 bridgehead atoms. The standard InChI is InChI=1S/C10H4F4O3/c11-3-1-2-4(9(16)5(3)12)6(13)7(14)10(17)8(2)15/h1,15-17H. The molecule has 0 amide bonds. The van der Waals surface area contributed by atoms with Crippen LogP contribution in [0.5, 0.6) is 17.2 Å². The molecule has 0 atom stereocenters. The lowest BCUT2D eigenvalue weighted by Gasteiger charge is -2.09. The molecule has 2 aromatic carbocycles. The lowest BCUT2D eigenvalue weighted by atomic mass is 10.1. The Morgan fingerprint density at radius 3 is 1.88 bits per heavy atom. The second-order valence-electron chi connectivity index (χ2n) is 3.27. The van der Waals surface area contributed by atoms with E-state index in [1.54, 1.807) is 0 Å². The summed E-state index contributed by atoms with van der Waals surface area (Å²) in [5, 5.41) is 25.6. The smallest absolute Gasteiger partial charge is 0.205 e. The fraction of sp³-hybridized carbons (Fsp3) is 0. The van der Waals surface area contributed by atoms with Crippen LogP contribution in [-0.2, 0) is 0 Å². The van der Waals surface area contributed by atoms with Gasteiger partial charge in [-0.15, -0.1) is 0 Å². The summed E-state index contributed by atoms with van der Waals surface area (Å²) in [5.74, 6) is -11.1. The maximum absolute atomic E-state index is 13.3. The first-order valence-electron chi connectivity index (χ1n) is 4.25. The van der Waals surface area contributed by atoms with E-state index in [1.165, 1.54) is 0 Å². The Labute approximate surface area is 91.2 Å². The van der Waals surface area contributed by atoms with E-state index in [0.29, 0.717) is 6.07 Å². The highest BCUT2D eigenvalue weighted by Gasteiger charge is 2.25. The number of fused-ring (bicyclic) bond motifs is 1. The first-order valence-corrected chi connectivity index (χ1v) is 4.25. The van der Waals surface area contributed by atoms with Crippen LogP contribution in [0.4, 0.5) is 17.6 Å². The molecule has 3 nitrogen and oxygen atoms in total. The van der Waals surface area contributed by atoms with Crippen molar-refractivity contribution < 1.29 is 32.9 Å². The van der Waals surface area contributed by atoms with Gasteiger partial charge >= 0.3 is 0 Å². The van der Waals surface area contributed by atoms with Crippen molar-refractivity contribution in [2.24, 2.45) is 0 Å². The van der Waals surface area contributed by atoms with Crippen LogP contribution in [-0.4, -0.2) is 15.3 Å². The number of halogens is 4. The lowest BCUT2D eigenvalue weighted by molar-refractivity contribution is 0.366. The summed E-state index contributed by atoms with van der Waals surface area (Å²) >= 11 is 0. The van der Waals surface area contributed by atoms with E-state index < -0.39 is 51.3 Å². The molecule has 0 radical (unpaired) electrons. The van der Waals surface area contributed by atoms with Gasteiger partial charge in [0, 0.05) is 5.39 Å².